The summed E-state index contributed by atoms with van der Waals surface area (Å²) >= 11 is 5.87. The number of hydrogen-bond acceptors (Lipinski definition) is 3. The van der Waals surface area contributed by atoms with Gasteiger partial charge in [-0.3, -0.25) is 9.69 Å². The van der Waals surface area contributed by atoms with E-state index in [1.165, 1.54) is 4.90 Å². The highest BCUT2D eigenvalue weighted by atomic mass is 35.5. The van der Waals surface area contributed by atoms with Crippen molar-refractivity contribution in [3.63, 3.8) is 0 Å². The van der Waals surface area contributed by atoms with Gasteiger partial charge < -0.3 is 0 Å². The van der Waals surface area contributed by atoms with Gasteiger partial charge in [0.05, 0.1) is 0 Å². The van der Waals surface area contributed by atoms with Gasteiger partial charge in [0.15, 0.2) is 0 Å². The summed E-state index contributed by atoms with van der Waals surface area (Å²) in [6.45, 7) is 3.75. The van der Waals surface area contributed by atoms with E-state index in [-0.39, 0.29) is 5.91 Å². The Hall–Kier alpha value is -1.94. The van der Waals surface area contributed by atoms with Crippen LogP contribution in [-0.4, -0.2) is 22.9 Å². The van der Waals surface area contributed by atoms with E-state index in [0.717, 1.165) is 5.56 Å². The minimum atomic E-state index is -0.163. The van der Waals surface area contributed by atoms with E-state index in [0.29, 0.717) is 22.2 Å². The molecule has 0 aliphatic rings. The van der Waals surface area contributed by atoms with Crippen molar-refractivity contribution >= 4 is 23.3 Å². The maximum absolute atomic E-state index is 12.3. The Morgan fingerprint density at radius 2 is 2.00 bits per heavy atom. The van der Waals surface area contributed by atoms with Crippen molar-refractivity contribution in [1.29, 1.82) is 0 Å². The quantitative estimate of drug-likeness (QED) is 0.792. The molecule has 0 radical (unpaired) electrons. The summed E-state index contributed by atoms with van der Waals surface area (Å²) in [6.07, 6.45) is 1.73. The largest absolute Gasteiger partial charge is 0.296 e. The van der Waals surface area contributed by atoms with Crippen LogP contribution in [0.3, 0.4) is 0 Å². The summed E-state index contributed by atoms with van der Waals surface area (Å²) in [5.74, 6) is 0.435. The number of halogens is 1. The summed E-state index contributed by atoms with van der Waals surface area (Å²) in [7, 11) is 1.68. The summed E-state index contributed by atoms with van der Waals surface area (Å²) in [6, 6.07) is 6.99. The smallest absolute Gasteiger partial charge is 0.259 e. The Balaban J connectivity index is 2.30. The number of amides is 1. The second kappa shape index (κ2) is 5.36. The number of carbonyl (C=O) groups is 1. The number of carbonyl (C=O) groups excluding carboxylic acids is 1. The number of pyridine rings is 2. The molecule has 0 aliphatic heterocycles. The van der Waals surface area contributed by atoms with Crippen molar-refractivity contribution in [1.82, 2.24) is 9.97 Å². The molecule has 0 spiro atoms. The summed E-state index contributed by atoms with van der Waals surface area (Å²) in [4.78, 5) is 22.1. The molecule has 5 heteroatoms. The molecule has 0 N–H and O–H groups in total. The van der Waals surface area contributed by atoms with E-state index >= 15 is 0 Å². The molecule has 4 nitrogen and oxygen atoms in total. The molecule has 2 aromatic heterocycles. The Labute approximate surface area is 117 Å². The second-order valence-corrected chi connectivity index (χ2v) is 4.77. The fourth-order valence-electron chi connectivity index (χ4n) is 1.71. The molecular weight excluding hydrogens is 262 g/mol. The number of aromatic nitrogens is 2. The van der Waals surface area contributed by atoms with Gasteiger partial charge in [0.25, 0.3) is 5.91 Å². The molecule has 2 heterocycles. The van der Waals surface area contributed by atoms with Crippen LogP contribution in [0.15, 0.2) is 30.5 Å². The predicted octanol–water partition coefficient (Wildman–Crippen LogP) is 3.02. The van der Waals surface area contributed by atoms with Crippen LogP contribution in [0.4, 0.5) is 5.82 Å². The Morgan fingerprint density at radius 1 is 1.26 bits per heavy atom. The fourth-order valence-corrected chi connectivity index (χ4v) is 1.96. The minimum Gasteiger partial charge on any atom is -0.296 e. The molecule has 0 fully saturated rings. The van der Waals surface area contributed by atoms with E-state index in [1.54, 1.807) is 32.3 Å². The monoisotopic (exact) mass is 275 g/mol. The topological polar surface area (TPSA) is 46.1 Å². The SMILES string of the molecule is Cc1ccc(N(C)C(=O)c2cc(C)nc(Cl)c2)nc1. The van der Waals surface area contributed by atoms with Gasteiger partial charge in [0.1, 0.15) is 11.0 Å². The summed E-state index contributed by atoms with van der Waals surface area (Å²) in [5, 5.41) is 0.314. The molecule has 0 unspecified atom stereocenters. The lowest BCUT2D eigenvalue weighted by Gasteiger charge is -2.16. The Morgan fingerprint density at radius 3 is 2.58 bits per heavy atom. The van der Waals surface area contributed by atoms with Crippen LogP contribution in [0.2, 0.25) is 5.15 Å². The molecule has 2 rings (SSSR count). The van der Waals surface area contributed by atoms with Crippen molar-refractivity contribution in [2.45, 2.75) is 13.8 Å². The van der Waals surface area contributed by atoms with Crippen LogP contribution >= 0.6 is 11.6 Å². The highest BCUT2D eigenvalue weighted by Gasteiger charge is 2.15. The third-order valence-electron chi connectivity index (χ3n) is 2.71. The first-order valence-corrected chi connectivity index (χ1v) is 6.20. The maximum atomic E-state index is 12.3. The molecule has 19 heavy (non-hydrogen) atoms. The van der Waals surface area contributed by atoms with Crippen molar-refractivity contribution < 1.29 is 4.79 Å². The predicted molar refractivity (Wildman–Crippen MR) is 75.7 cm³/mol. The number of hydrogen-bond donors (Lipinski definition) is 0. The van der Waals surface area contributed by atoms with Crippen LogP contribution < -0.4 is 4.90 Å². The van der Waals surface area contributed by atoms with Crippen LogP contribution in [0, 0.1) is 13.8 Å². The Kier molecular flexibility index (Phi) is 3.81. The number of aryl methyl sites for hydroxylation is 2. The van der Waals surface area contributed by atoms with Gasteiger partial charge >= 0.3 is 0 Å². The molecule has 1 amide bonds. The maximum Gasteiger partial charge on any atom is 0.259 e. The summed E-state index contributed by atoms with van der Waals surface area (Å²) in [5.41, 5.74) is 2.26. The van der Waals surface area contributed by atoms with Crippen LogP contribution in [0.25, 0.3) is 0 Å². The third-order valence-corrected chi connectivity index (χ3v) is 2.91. The highest BCUT2D eigenvalue weighted by molar-refractivity contribution is 6.29. The summed E-state index contributed by atoms with van der Waals surface area (Å²) < 4.78 is 0. The second-order valence-electron chi connectivity index (χ2n) is 4.38. The standard InChI is InChI=1S/C14H14ClN3O/c1-9-4-5-13(16-8-9)18(3)14(19)11-6-10(2)17-12(15)7-11/h4-8H,1-3H3. The van der Waals surface area contributed by atoms with Gasteiger partial charge in [0, 0.05) is 24.5 Å². The first kappa shape index (κ1) is 13.5. The van der Waals surface area contributed by atoms with Gasteiger partial charge in [0.2, 0.25) is 0 Å². The molecule has 0 saturated carbocycles. The third kappa shape index (κ3) is 3.09. The van der Waals surface area contributed by atoms with Crippen molar-refractivity contribution in [3.05, 3.63) is 52.4 Å². The van der Waals surface area contributed by atoms with E-state index < -0.39 is 0 Å². The molecule has 98 valence electrons. The Bertz CT molecular complexity index is 590. The van der Waals surface area contributed by atoms with Gasteiger partial charge in [-0.05, 0) is 37.6 Å². The number of nitrogens with zero attached hydrogens (tertiary/aromatic N) is 3. The first-order chi connectivity index (χ1) is 8.97. The zero-order chi connectivity index (χ0) is 14.0. The first-order valence-electron chi connectivity index (χ1n) is 5.82. The van der Waals surface area contributed by atoms with Crippen LogP contribution in [0.1, 0.15) is 21.6 Å². The fraction of sp³-hybridized carbons (Fsp3) is 0.214. The van der Waals surface area contributed by atoms with Gasteiger partial charge in [-0.1, -0.05) is 17.7 Å². The van der Waals surface area contributed by atoms with Crippen molar-refractivity contribution in [2.75, 3.05) is 11.9 Å². The van der Waals surface area contributed by atoms with Crippen LogP contribution in [-0.2, 0) is 0 Å². The normalized spacial score (nSPS) is 10.3. The molecule has 0 aromatic carbocycles. The number of anilines is 1. The van der Waals surface area contributed by atoms with E-state index in [1.807, 2.05) is 19.1 Å². The zero-order valence-electron chi connectivity index (χ0n) is 11.0. The highest BCUT2D eigenvalue weighted by Crippen LogP contribution is 2.16. The van der Waals surface area contributed by atoms with Crippen LogP contribution in [0.5, 0.6) is 0 Å². The van der Waals surface area contributed by atoms with E-state index in [2.05, 4.69) is 9.97 Å². The van der Waals surface area contributed by atoms with Gasteiger partial charge in [-0.25, -0.2) is 9.97 Å². The number of rotatable bonds is 2. The lowest BCUT2D eigenvalue weighted by Crippen LogP contribution is -2.27. The molecule has 0 atom stereocenters. The van der Waals surface area contributed by atoms with E-state index in [4.69, 9.17) is 11.6 Å². The van der Waals surface area contributed by atoms with Gasteiger partial charge in [-0.2, -0.15) is 0 Å². The lowest BCUT2D eigenvalue weighted by molar-refractivity contribution is 0.0992. The average molecular weight is 276 g/mol. The lowest BCUT2D eigenvalue weighted by atomic mass is 10.2. The molecule has 2 aromatic rings. The van der Waals surface area contributed by atoms with Gasteiger partial charge in [-0.15, -0.1) is 0 Å². The van der Waals surface area contributed by atoms with E-state index in [9.17, 15) is 4.79 Å². The molecule has 0 bridgehead atoms. The molecule has 0 aliphatic carbocycles. The van der Waals surface area contributed by atoms with Crippen molar-refractivity contribution in [2.24, 2.45) is 0 Å². The molecule has 0 saturated heterocycles. The molecular formula is C14H14ClN3O. The minimum absolute atomic E-state index is 0.163. The zero-order valence-corrected chi connectivity index (χ0v) is 11.8. The van der Waals surface area contributed by atoms with Crippen molar-refractivity contribution in [3.8, 4) is 0 Å². The average Bonchev–Trinajstić information content (AvgIpc) is 2.37.